The Kier molecular flexibility index (Phi) is 27.9. The molecule has 0 aromatic carbocycles. The van der Waals surface area contributed by atoms with Crippen LogP contribution in [0.2, 0.25) is 0 Å². The van der Waals surface area contributed by atoms with Gasteiger partial charge in [0.1, 0.15) is 13.2 Å². The summed E-state index contributed by atoms with van der Waals surface area (Å²) < 4.78 is 33.5. The fourth-order valence-corrected chi connectivity index (χ4v) is 3.44. The molecule has 226 valence electrons. The number of esters is 2. The van der Waals surface area contributed by atoms with Crippen LogP contribution in [0, 0.1) is 0 Å². The zero-order chi connectivity index (χ0) is 28.1. The van der Waals surface area contributed by atoms with Crippen LogP contribution in [-0.2, 0) is 38.0 Å². The Balaban J connectivity index is 3.84. The van der Waals surface area contributed by atoms with Crippen LogP contribution >= 0.6 is 0 Å². The molecule has 0 aromatic heterocycles. The first-order valence-electron chi connectivity index (χ1n) is 15.3. The Morgan fingerprint density at radius 3 is 1.03 bits per heavy atom. The summed E-state index contributed by atoms with van der Waals surface area (Å²) in [5.41, 5.74) is 0. The van der Waals surface area contributed by atoms with Crippen LogP contribution in [0.1, 0.15) is 130 Å². The molecule has 38 heavy (non-hydrogen) atoms. The van der Waals surface area contributed by atoms with Crippen molar-refractivity contribution >= 4 is 11.9 Å². The summed E-state index contributed by atoms with van der Waals surface area (Å²) in [4.78, 5) is 24.1. The predicted octanol–water partition coefficient (Wildman–Crippen LogP) is 7.11. The van der Waals surface area contributed by atoms with Gasteiger partial charge in [0, 0.05) is 39.3 Å². The summed E-state index contributed by atoms with van der Waals surface area (Å²) >= 11 is 0. The van der Waals surface area contributed by atoms with E-state index in [1.807, 2.05) is 0 Å². The van der Waals surface area contributed by atoms with Gasteiger partial charge in [0.2, 0.25) is 0 Å². The molecule has 0 aliphatic carbocycles. The maximum Gasteiger partial charge on any atom is 0.305 e. The molecule has 0 bridgehead atoms. The van der Waals surface area contributed by atoms with E-state index in [1.165, 1.54) is 0 Å². The van der Waals surface area contributed by atoms with Crippen LogP contribution in [0.4, 0.5) is 0 Å². The first-order chi connectivity index (χ1) is 18.6. The molecular formula is C30H58O8. The molecule has 0 unspecified atom stereocenters. The minimum Gasteiger partial charge on any atom is -0.460 e. The Morgan fingerprint density at radius 1 is 0.447 bits per heavy atom. The van der Waals surface area contributed by atoms with Crippen molar-refractivity contribution in [1.29, 1.82) is 0 Å². The van der Waals surface area contributed by atoms with E-state index < -0.39 is 12.6 Å². The molecule has 0 heterocycles. The molecule has 0 aromatic rings. The van der Waals surface area contributed by atoms with Crippen molar-refractivity contribution in [2.45, 2.75) is 143 Å². The fourth-order valence-electron chi connectivity index (χ4n) is 3.44. The van der Waals surface area contributed by atoms with E-state index in [2.05, 4.69) is 27.7 Å². The third-order valence-electron chi connectivity index (χ3n) is 5.98. The van der Waals surface area contributed by atoms with Crippen LogP contribution in [0.3, 0.4) is 0 Å². The average molecular weight is 547 g/mol. The fraction of sp³-hybridized carbons (Fsp3) is 0.933. The molecule has 0 fully saturated rings. The summed E-state index contributed by atoms with van der Waals surface area (Å²) in [6, 6.07) is 0. The first kappa shape index (κ1) is 36.8. The number of carbonyl (C=O) groups excluding carboxylic acids is 2. The van der Waals surface area contributed by atoms with Gasteiger partial charge in [-0.3, -0.25) is 9.59 Å². The predicted molar refractivity (Wildman–Crippen MR) is 150 cm³/mol. The van der Waals surface area contributed by atoms with E-state index in [0.717, 1.165) is 89.9 Å². The molecule has 0 saturated carbocycles. The monoisotopic (exact) mass is 546 g/mol. The zero-order valence-corrected chi connectivity index (χ0v) is 25.0. The smallest absolute Gasteiger partial charge is 0.305 e. The minimum atomic E-state index is -0.475. The van der Waals surface area contributed by atoms with Gasteiger partial charge in [0.25, 0.3) is 0 Å². The highest BCUT2D eigenvalue weighted by Gasteiger charge is 2.14. The Bertz CT molecular complexity index is 462. The molecular weight excluding hydrogens is 488 g/mol. The third-order valence-corrected chi connectivity index (χ3v) is 5.98. The highest BCUT2D eigenvalue weighted by molar-refractivity contribution is 5.69. The number of hydrogen-bond acceptors (Lipinski definition) is 8. The number of hydrogen-bond donors (Lipinski definition) is 0. The minimum absolute atomic E-state index is 0.152. The summed E-state index contributed by atoms with van der Waals surface area (Å²) in [7, 11) is 0. The number of ether oxygens (including phenoxy) is 6. The van der Waals surface area contributed by atoms with Crippen molar-refractivity contribution in [3.05, 3.63) is 0 Å². The second-order valence-electron chi connectivity index (χ2n) is 9.74. The van der Waals surface area contributed by atoms with Gasteiger partial charge in [-0.05, 0) is 38.5 Å². The van der Waals surface area contributed by atoms with Gasteiger partial charge in [-0.15, -0.1) is 0 Å². The number of unbranched alkanes of at least 4 members (excludes halogenated alkanes) is 9. The molecule has 0 aliphatic heterocycles. The van der Waals surface area contributed by atoms with Crippen molar-refractivity contribution in [2.24, 2.45) is 0 Å². The molecule has 0 atom stereocenters. The van der Waals surface area contributed by atoms with Crippen molar-refractivity contribution in [1.82, 2.24) is 0 Å². The van der Waals surface area contributed by atoms with Gasteiger partial charge in [0.15, 0.2) is 12.6 Å². The number of rotatable bonds is 29. The van der Waals surface area contributed by atoms with E-state index in [4.69, 9.17) is 28.4 Å². The van der Waals surface area contributed by atoms with E-state index in [1.54, 1.807) is 0 Å². The Hall–Kier alpha value is -1.22. The highest BCUT2D eigenvalue weighted by Crippen LogP contribution is 2.11. The van der Waals surface area contributed by atoms with Crippen molar-refractivity contribution < 1.29 is 38.0 Å². The van der Waals surface area contributed by atoms with Crippen LogP contribution < -0.4 is 0 Å². The highest BCUT2D eigenvalue weighted by atomic mass is 16.7. The van der Waals surface area contributed by atoms with Gasteiger partial charge in [0.05, 0.1) is 0 Å². The van der Waals surface area contributed by atoms with E-state index in [-0.39, 0.29) is 25.2 Å². The lowest BCUT2D eigenvalue weighted by Crippen LogP contribution is -2.26. The standard InChI is InChI=1S/C30H58O8/c1-5-9-21-33-29(34-22-10-6-2)25-37-27(31)19-17-15-13-14-16-18-20-28(32)38-26-30(35-23-11-7-3)36-24-12-8-4/h29-30H,5-26H2,1-4H3. The summed E-state index contributed by atoms with van der Waals surface area (Å²) in [5.74, 6) is -0.404. The Labute approximate surface area is 232 Å². The molecule has 0 rings (SSSR count). The molecule has 0 N–H and O–H groups in total. The van der Waals surface area contributed by atoms with Crippen molar-refractivity contribution in [3.8, 4) is 0 Å². The van der Waals surface area contributed by atoms with E-state index in [9.17, 15) is 9.59 Å². The topological polar surface area (TPSA) is 89.5 Å². The maximum absolute atomic E-state index is 12.1. The summed E-state index contributed by atoms with van der Waals surface area (Å²) in [6.45, 7) is 11.2. The van der Waals surface area contributed by atoms with Crippen LogP contribution in [0.25, 0.3) is 0 Å². The van der Waals surface area contributed by atoms with Crippen molar-refractivity contribution in [3.63, 3.8) is 0 Å². The summed E-state index contributed by atoms with van der Waals surface area (Å²) in [5, 5.41) is 0. The molecule has 0 saturated heterocycles. The largest absolute Gasteiger partial charge is 0.460 e. The van der Waals surface area contributed by atoms with Gasteiger partial charge in [-0.25, -0.2) is 0 Å². The lowest BCUT2D eigenvalue weighted by atomic mass is 10.1. The van der Waals surface area contributed by atoms with E-state index in [0.29, 0.717) is 39.3 Å². The number of carbonyl (C=O) groups is 2. The molecule has 0 aliphatic rings. The van der Waals surface area contributed by atoms with Crippen molar-refractivity contribution in [2.75, 3.05) is 39.6 Å². The molecule has 0 spiro atoms. The SMILES string of the molecule is CCCCOC(COC(=O)CCCCCCCCC(=O)OCC(OCCCC)OCCCC)OCCCC. The second kappa shape index (κ2) is 28.8. The van der Waals surface area contributed by atoms with Gasteiger partial charge >= 0.3 is 11.9 Å². The maximum atomic E-state index is 12.1. The molecule has 8 nitrogen and oxygen atoms in total. The second-order valence-corrected chi connectivity index (χ2v) is 9.74. The first-order valence-corrected chi connectivity index (χ1v) is 15.3. The van der Waals surface area contributed by atoms with Gasteiger partial charge < -0.3 is 28.4 Å². The van der Waals surface area contributed by atoms with Gasteiger partial charge in [-0.2, -0.15) is 0 Å². The zero-order valence-electron chi connectivity index (χ0n) is 25.0. The quantitative estimate of drug-likeness (QED) is 0.0557. The van der Waals surface area contributed by atoms with Crippen LogP contribution in [-0.4, -0.2) is 64.2 Å². The normalized spacial score (nSPS) is 11.4. The van der Waals surface area contributed by atoms with E-state index >= 15 is 0 Å². The molecule has 0 amide bonds. The third kappa shape index (κ3) is 25.1. The van der Waals surface area contributed by atoms with Gasteiger partial charge in [-0.1, -0.05) is 79.1 Å². The van der Waals surface area contributed by atoms with Crippen LogP contribution in [0.5, 0.6) is 0 Å². The molecule has 8 heteroatoms. The lowest BCUT2D eigenvalue weighted by molar-refractivity contribution is -0.183. The summed E-state index contributed by atoms with van der Waals surface area (Å²) in [6.07, 6.45) is 13.5. The Morgan fingerprint density at radius 2 is 0.737 bits per heavy atom. The lowest BCUT2D eigenvalue weighted by Gasteiger charge is -2.18. The molecule has 0 radical (unpaired) electrons. The average Bonchev–Trinajstić information content (AvgIpc) is 2.91. The van der Waals surface area contributed by atoms with Crippen LogP contribution in [0.15, 0.2) is 0 Å².